The number of nitrogens with zero attached hydrogens (tertiary/aromatic N) is 2. The maximum atomic E-state index is 12.3. The van der Waals surface area contributed by atoms with Crippen molar-refractivity contribution in [2.75, 3.05) is 23.1 Å². The highest BCUT2D eigenvalue weighted by molar-refractivity contribution is 7.80. The van der Waals surface area contributed by atoms with E-state index in [4.69, 9.17) is 17.0 Å². The van der Waals surface area contributed by atoms with Crippen molar-refractivity contribution in [3.05, 3.63) is 60.2 Å². The van der Waals surface area contributed by atoms with Crippen LogP contribution in [0, 0.1) is 0 Å². The highest BCUT2D eigenvalue weighted by atomic mass is 32.1. The Kier molecular flexibility index (Phi) is 5.72. The van der Waals surface area contributed by atoms with Gasteiger partial charge < -0.3 is 15.4 Å². The van der Waals surface area contributed by atoms with Crippen LogP contribution < -0.4 is 20.7 Å². The monoisotopic (exact) mass is 385 g/mol. The highest BCUT2D eigenvalue weighted by Crippen LogP contribution is 2.21. The fraction of sp³-hybridized carbons (Fsp3) is 0.0588. The van der Waals surface area contributed by atoms with Crippen LogP contribution in [0.5, 0.6) is 5.75 Å². The van der Waals surface area contributed by atoms with Crippen molar-refractivity contribution in [1.29, 1.82) is 0 Å². The predicted molar refractivity (Wildman–Crippen MR) is 107 cm³/mol. The van der Waals surface area contributed by atoms with Crippen LogP contribution in [0.25, 0.3) is 0 Å². The predicted octanol–water partition coefficient (Wildman–Crippen LogP) is 3.61. The van der Waals surface area contributed by atoms with Gasteiger partial charge in [-0.05, 0) is 42.5 Å². The average Bonchev–Trinajstić information content (AvgIpc) is 3.09. The van der Waals surface area contributed by atoms with E-state index in [1.807, 2.05) is 30.3 Å². The molecule has 3 N–H and O–H groups in total. The van der Waals surface area contributed by atoms with Crippen molar-refractivity contribution >= 4 is 50.5 Å². The second-order valence-corrected chi connectivity index (χ2v) is 6.43. The summed E-state index contributed by atoms with van der Waals surface area (Å²) in [4.78, 5) is 12.3. The van der Waals surface area contributed by atoms with Gasteiger partial charge in [-0.3, -0.25) is 10.1 Å². The number of ether oxygens (including phenoxy) is 1. The lowest BCUT2D eigenvalue weighted by Crippen LogP contribution is -2.18. The van der Waals surface area contributed by atoms with Gasteiger partial charge in [0.1, 0.15) is 5.75 Å². The van der Waals surface area contributed by atoms with Gasteiger partial charge >= 0.3 is 0 Å². The topological polar surface area (TPSA) is 88.2 Å². The van der Waals surface area contributed by atoms with Gasteiger partial charge in [-0.15, -0.1) is 10.2 Å². The Hall–Kier alpha value is -3.04. The molecule has 0 aliphatic heterocycles. The van der Waals surface area contributed by atoms with Gasteiger partial charge in [-0.25, -0.2) is 0 Å². The number of carbonyl (C=O) groups is 1. The molecule has 7 nitrogen and oxygen atoms in total. The number of aromatic nitrogens is 2. The van der Waals surface area contributed by atoms with Crippen LogP contribution in [0.2, 0.25) is 0 Å². The lowest BCUT2D eigenvalue weighted by molar-refractivity contribution is 0.102. The number of methoxy groups -OCH3 is 1. The van der Waals surface area contributed by atoms with Gasteiger partial charge in [0.25, 0.3) is 5.91 Å². The smallest absolute Gasteiger partial charge is 0.257 e. The number of nitrogens with one attached hydrogen (secondary N) is 3. The zero-order valence-corrected chi connectivity index (χ0v) is 15.4. The van der Waals surface area contributed by atoms with Gasteiger partial charge in [-0.1, -0.05) is 35.6 Å². The SMILES string of the molecule is COc1cccc(C(=O)Nc2nnc(NC(=S)Nc3ccccc3)s2)c1. The molecule has 26 heavy (non-hydrogen) atoms. The van der Waals surface area contributed by atoms with Crippen LogP contribution in [0.1, 0.15) is 10.4 Å². The van der Waals surface area contributed by atoms with E-state index in [9.17, 15) is 4.79 Å². The molecule has 0 saturated carbocycles. The third kappa shape index (κ3) is 4.74. The van der Waals surface area contributed by atoms with E-state index >= 15 is 0 Å². The first kappa shape index (κ1) is 17.8. The van der Waals surface area contributed by atoms with Gasteiger partial charge in [0.2, 0.25) is 10.3 Å². The summed E-state index contributed by atoms with van der Waals surface area (Å²) in [5.41, 5.74) is 1.33. The van der Waals surface area contributed by atoms with Crippen LogP contribution >= 0.6 is 23.6 Å². The molecule has 0 radical (unpaired) electrons. The molecule has 1 aromatic heterocycles. The van der Waals surface area contributed by atoms with Crippen LogP contribution in [-0.4, -0.2) is 28.3 Å². The minimum absolute atomic E-state index is 0.295. The van der Waals surface area contributed by atoms with Crippen LogP contribution in [0.4, 0.5) is 16.0 Å². The number of anilines is 3. The molecule has 0 aliphatic rings. The van der Waals surface area contributed by atoms with Crippen LogP contribution in [0.3, 0.4) is 0 Å². The molecule has 3 rings (SSSR count). The molecule has 9 heteroatoms. The normalized spacial score (nSPS) is 10.0. The molecule has 0 fully saturated rings. The summed E-state index contributed by atoms with van der Waals surface area (Å²) in [5, 5.41) is 17.8. The first-order valence-corrected chi connectivity index (χ1v) is 8.78. The summed E-state index contributed by atoms with van der Waals surface area (Å²) < 4.78 is 5.12. The average molecular weight is 385 g/mol. The molecule has 132 valence electrons. The molecule has 0 unspecified atom stereocenters. The number of carbonyl (C=O) groups excluding carboxylic acids is 1. The van der Waals surface area contributed by atoms with Crippen LogP contribution in [-0.2, 0) is 0 Å². The summed E-state index contributed by atoms with van der Waals surface area (Å²) in [6, 6.07) is 16.4. The molecule has 0 atom stereocenters. The summed E-state index contributed by atoms with van der Waals surface area (Å²) >= 11 is 6.42. The lowest BCUT2D eigenvalue weighted by atomic mass is 10.2. The number of amides is 1. The van der Waals surface area contributed by atoms with Gasteiger partial charge in [0.15, 0.2) is 5.11 Å². The number of para-hydroxylation sites is 1. The number of benzene rings is 2. The van der Waals surface area contributed by atoms with E-state index in [1.54, 1.807) is 31.4 Å². The standard InChI is InChI=1S/C17H15N5O2S2/c1-24-13-9-5-6-11(10-13)14(23)19-16-21-22-17(26-16)20-15(25)18-12-7-3-2-4-8-12/h2-10H,1H3,(H,19,21,23)(H2,18,20,22,25). The van der Waals surface area contributed by atoms with Crippen molar-refractivity contribution in [3.8, 4) is 5.75 Å². The van der Waals surface area contributed by atoms with Crippen LogP contribution in [0.15, 0.2) is 54.6 Å². The molecule has 0 spiro atoms. The second-order valence-electron chi connectivity index (χ2n) is 5.04. The number of thiocarbonyl (C=S) groups is 1. The molecule has 1 heterocycles. The zero-order valence-electron chi connectivity index (χ0n) is 13.7. The Balaban J connectivity index is 1.59. The Morgan fingerprint density at radius 2 is 1.73 bits per heavy atom. The summed E-state index contributed by atoms with van der Waals surface area (Å²) in [6.45, 7) is 0. The maximum Gasteiger partial charge on any atom is 0.257 e. The molecule has 0 aliphatic carbocycles. The Morgan fingerprint density at radius 3 is 2.46 bits per heavy atom. The van der Waals surface area contributed by atoms with Crippen molar-refractivity contribution in [2.45, 2.75) is 0 Å². The minimum atomic E-state index is -0.295. The number of hydrogen-bond donors (Lipinski definition) is 3. The fourth-order valence-electron chi connectivity index (χ4n) is 2.04. The molecular formula is C17H15N5O2S2. The Bertz CT molecular complexity index is 914. The summed E-state index contributed by atoms with van der Waals surface area (Å²) in [5.74, 6) is 0.311. The first-order chi connectivity index (χ1) is 12.6. The van der Waals surface area contributed by atoms with E-state index in [-0.39, 0.29) is 5.91 Å². The summed E-state index contributed by atoms with van der Waals surface area (Å²) in [6.07, 6.45) is 0. The van der Waals surface area contributed by atoms with E-state index in [0.29, 0.717) is 26.7 Å². The van der Waals surface area contributed by atoms with Crippen molar-refractivity contribution in [1.82, 2.24) is 10.2 Å². The van der Waals surface area contributed by atoms with E-state index < -0.39 is 0 Å². The van der Waals surface area contributed by atoms with Gasteiger partial charge in [0, 0.05) is 11.3 Å². The largest absolute Gasteiger partial charge is 0.497 e. The molecule has 2 aromatic carbocycles. The number of hydrogen-bond acceptors (Lipinski definition) is 6. The van der Waals surface area contributed by atoms with Gasteiger partial charge in [-0.2, -0.15) is 0 Å². The molecule has 0 saturated heterocycles. The lowest BCUT2D eigenvalue weighted by Gasteiger charge is -2.07. The van der Waals surface area contributed by atoms with Crippen molar-refractivity contribution in [2.24, 2.45) is 0 Å². The number of rotatable bonds is 5. The Morgan fingerprint density at radius 1 is 1.00 bits per heavy atom. The van der Waals surface area contributed by atoms with Crippen molar-refractivity contribution in [3.63, 3.8) is 0 Å². The first-order valence-electron chi connectivity index (χ1n) is 7.56. The van der Waals surface area contributed by atoms with E-state index in [2.05, 4.69) is 26.1 Å². The third-order valence-corrected chi connectivity index (χ3v) is 4.19. The summed E-state index contributed by atoms with van der Waals surface area (Å²) in [7, 11) is 1.55. The highest BCUT2D eigenvalue weighted by Gasteiger charge is 2.11. The molecular weight excluding hydrogens is 370 g/mol. The quantitative estimate of drug-likeness (QED) is 0.578. The second kappa shape index (κ2) is 8.37. The molecule has 0 bridgehead atoms. The van der Waals surface area contributed by atoms with Gasteiger partial charge in [0.05, 0.1) is 7.11 Å². The molecule has 1 amide bonds. The third-order valence-electron chi connectivity index (χ3n) is 3.23. The molecule has 3 aromatic rings. The van der Waals surface area contributed by atoms with E-state index in [1.165, 1.54) is 11.3 Å². The fourth-order valence-corrected chi connectivity index (χ4v) is 2.96. The zero-order chi connectivity index (χ0) is 18.4. The maximum absolute atomic E-state index is 12.3. The van der Waals surface area contributed by atoms with Crippen molar-refractivity contribution < 1.29 is 9.53 Å². The minimum Gasteiger partial charge on any atom is -0.497 e. The Labute approximate surface area is 159 Å². The van der Waals surface area contributed by atoms with E-state index in [0.717, 1.165) is 5.69 Å².